The summed E-state index contributed by atoms with van der Waals surface area (Å²) < 4.78 is 40.1. The van der Waals surface area contributed by atoms with Crippen molar-refractivity contribution in [2.45, 2.75) is 50.3 Å². The Morgan fingerprint density at radius 2 is 1.70 bits per heavy atom. The lowest BCUT2D eigenvalue weighted by atomic mass is 10.0. The van der Waals surface area contributed by atoms with Crippen LogP contribution in [0, 0.1) is 0 Å². The van der Waals surface area contributed by atoms with Gasteiger partial charge in [0.05, 0.1) is 6.61 Å². The number of Topliss-reactive ketones (excluding diaryl/α,β-unsaturated/α-hetero) is 1. The van der Waals surface area contributed by atoms with Gasteiger partial charge in [-0.15, -0.1) is 11.8 Å². The van der Waals surface area contributed by atoms with Gasteiger partial charge in [0.15, 0.2) is 4.75 Å². The van der Waals surface area contributed by atoms with Crippen molar-refractivity contribution in [2.24, 2.45) is 0 Å². The Hall–Kier alpha value is -0.980. The highest BCUT2D eigenvalue weighted by Crippen LogP contribution is 2.43. The van der Waals surface area contributed by atoms with E-state index >= 15 is 0 Å². The van der Waals surface area contributed by atoms with Crippen LogP contribution in [-0.4, -0.2) is 34.0 Å². The highest BCUT2D eigenvalue weighted by atomic mass is 32.2. The second kappa shape index (κ2) is 6.65. The normalized spacial score (nSPS) is 16.0. The van der Waals surface area contributed by atoms with Gasteiger partial charge in [0.2, 0.25) is 0 Å². The molecule has 0 rings (SSSR count). The van der Waals surface area contributed by atoms with Crippen molar-refractivity contribution >= 4 is 23.5 Å². The Kier molecular flexibility index (Phi) is 6.32. The number of carbonyl (C=O) groups is 2. The smallest absolute Gasteiger partial charge is 0.452 e. The molecule has 0 aliphatic rings. The largest absolute Gasteiger partial charge is 0.464 e. The summed E-state index contributed by atoms with van der Waals surface area (Å²) in [4.78, 5) is 23.8. The average Bonchev–Trinajstić information content (AvgIpc) is 2.24. The fraction of sp³-hybridized carbons (Fsp3) is 0.692. The van der Waals surface area contributed by atoms with E-state index in [1.165, 1.54) is 19.9 Å². The highest BCUT2D eigenvalue weighted by molar-refractivity contribution is 8.03. The van der Waals surface area contributed by atoms with Crippen LogP contribution in [0.5, 0.6) is 0 Å². The molecule has 0 aromatic rings. The summed E-state index contributed by atoms with van der Waals surface area (Å²) in [6.07, 6.45) is -2.92. The van der Waals surface area contributed by atoms with Gasteiger partial charge in [0.1, 0.15) is 0 Å². The van der Waals surface area contributed by atoms with E-state index < -0.39 is 27.4 Å². The van der Waals surface area contributed by atoms with E-state index in [2.05, 4.69) is 0 Å². The van der Waals surface area contributed by atoms with Gasteiger partial charge in [-0.25, -0.2) is 4.79 Å². The minimum Gasteiger partial charge on any atom is -0.464 e. The summed E-state index contributed by atoms with van der Waals surface area (Å²) in [5.74, 6) is -3.32. The molecule has 1 unspecified atom stereocenters. The molecule has 0 heterocycles. The zero-order valence-corrected chi connectivity index (χ0v) is 12.9. The maximum Gasteiger partial charge on any atom is 0.452 e. The first kappa shape index (κ1) is 19.0. The highest BCUT2D eigenvalue weighted by Gasteiger charge is 2.58. The topological polar surface area (TPSA) is 43.4 Å². The van der Waals surface area contributed by atoms with Crippen LogP contribution < -0.4 is 0 Å². The molecule has 0 aliphatic heterocycles. The summed E-state index contributed by atoms with van der Waals surface area (Å²) in [7, 11) is 0. The maximum atomic E-state index is 12.8. The number of ether oxygens (including phenoxy) is 1. The van der Waals surface area contributed by atoms with E-state index in [1.54, 1.807) is 20.8 Å². The first-order valence-corrected chi connectivity index (χ1v) is 6.85. The zero-order chi connectivity index (χ0) is 16.2. The fourth-order valence-corrected chi connectivity index (χ4v) is 3.05. The molecule has 0 spiro atoms. The average molecular weight is 312 g/mol. The van der Waals surface area contributed by atoms with Crippen molar-refractivity contribution < 1.29 is 27.5 Å². The molecule has 0 N–H and O–H groups in total. The fourth-order valence-electron chi connectivity index (χ4n) is 1.53. The Morgan fingerprint density at radius 1 is 1.20 bits per heavy atom. The molecule has 0 aromatic heterocycles. The molecule has 0 bridgehead atoms. The molecule has 0 radical (unpaired) electrons. The molecule has 0 aromatic carbocycles. The number of rotatable bonds is 5. The molecule has 116 valence electrons. The van der Waals surface area contributed by atoms with Gasteiger partial charge in [-0.3, -0.25) is 4.79 Å². The van der Waals surface area contributed by atoms with E-state index in [4.69, 9.17) is 4.74 Å². The molecule has 7 heteroatoms. The maximum absolute atomic E-state index is 12.8. The van der Waals surface area contributed by atoms with Gasteiger partial charge in [0.25, 0.3) is 5.78 Å². The van der Waals surface area contributed by atoms with E-state index in [0.29, 0.717) is 11.8 Å². The van der Waals surface area contributed by atoms with Crippen LogP contribution in [0.1, 0.15) is 34.6 Å². The first-order valence-electron chi connectivity index (χ1n) is 6.03. The third-order valence-corrected chi connectivity index (χ3v) is 3.46. The molecule has 0 saturated carbocycles. The van der Waals surface area contributed by atoms with E-state index in [0.717, 1.165) is 6.08 Å². The molecule has 0 saturated heterocycles. The van der Waals surface area contributed by atoms with Crippen molar-refractivity contribution in [1.82, 2.24) is 0 Å². The van der Waals surface area contributed by atoms with Crippen molar-refractivity contribution in [2.75, 3.05) is 6.61 Å². The predicted molar refractivity (Wildman–Crippen MR) is 72.6 cm³/mol. The molecular weight excluding hydrogens is 293 g/mol. The van der Waals surface area contributed by atoms with E-state index in [9.17, 15) is 22.8 Å². The number of hydrogen-bond donors (Lipinski definition) is 0. The van der Waals surface area contributed by atoms with Gasteiger partial charge < -0.3 is 4.74 Å². The quantitative estimate of drug-likeness (QED) is 0.442. The Labute approximate surface area is 120 Å². The molecule has 0 aliphatic carbocycles. The van der Waals surface area contributed by atoms with Gasteiger partial charge >= 0.3 is 12.1 Å². The van der Waals surface area contributed by atoms with E-state index in [-0.39, 0.29) is 6.61 Å². The first-order chi connectivity index (χ1) is 8.90. The third kappa shape index (κ3) is 4.85. The lowest BCUT2D eigenvalue weighted by molar-refractivity contribution is -0.176. The minimum absolute atomic E-state index is 0.103. The number of allylic oxidation sites excluding steroid dienone is 1. The van der Waals surface area contributed by atoms with Crippen molar-refractivity contribution in [3.05, 3.63) is 12.2 Å². The second-order valence-corrected chi connectivity index (χ2v) is 7.07. The molecule has 20 heavy (non-hydrogen) atoms. The van der Waals surface area contributed by atoms with Crippen molar-refractivity contribution in [3.63, 3.8) is 0 Å². The molecular formula is C13H19F3O3S. The van der Waals surface area contributed by atoms with Crippen LogP contribution in [0.25, 0.3) is 0 Å². The zero-order valence-electron chi connectivity index (χ0n) is 12.1. The van der Waals surface area contributed by atoms with Gasteiger partial charge in [0, 0.05) is 4.75 Å². The summed E-state index contributed by atoms with van der Waals surface area (Å²) in [5.41, 5.74) is 0. The number of carbonyl (C=O) groups excluding carboxylic acids is 2. The number of alkyl halides is 3. The lowest BCUT2D eigenvalue weighted by Gasteiger charge is -2.33. The Balaban J connectivity index is 5.95. The number of halogens is 3. The predicted octanol–water partition coefficient (Wildman–Crippen LogP) is 3.53. The van der Waals surface area contributed by atoms with Crippen LogP contribution in [-0.2, 0) is 14.3 Å². The molecule has 3 nitrogen and oxygen atoms in total. The van der Waals surface area contributed by atoms with E-state index in [1.807, 2.05) is 0 Å². The molecule has 1 atom stereocenters. The number of thioether (sulfide) groups is 1. The summed E-state index contributed by atoms with van der Waals surface area (Å²) in [6, 6.07) is 0. The standard InChI is InChI=1S/C13H19F3O3S/c1-6-8-12(10(18)19-7-2,20-11(3,4)5)9(17)13(14,15)16/h6,8H,7H2,1-5H3/b8-6+. The molecule has 0 amide bonds. The third-order valence-electron chi connectivity index (χ3n) is 2.04. The minimum atomic E-state index is -5.12. The van der Waals surface area contributed by atoms with Crippen LogP contribution in [0.3, 0.4) is 0 Å². The molecule has 0 fully saturated rings. The van der Waals surface area contributed by atoms with Gasteiger partial charge in [-0.05, 0) is 13.8 Å². The van der Waals surface area contributed by atoms with Crippen LogP contribution >= 0.6 is 11.8 Å². The number of esters is 1. The van der Waals surface area contributed by atoms with Gasteiger partial charge in [-0.1, -0.05) is 32.9 Å². The summed E-state index contributed by atoms with van der Waals surface area (Å²) in [6.45, 7) is 7.68. The monoisotopic (exact) mass is 312 g/mol. The number of ketones is 1. The van der Waals surface area contributed by atoms with Crippen LogP contribution in [0.4, 0.5) is 13.2 Å². The second-order valence-electron chi connectivity index (χ2n) is 5.00. The van der Waals surface area contributed by atoms with Gasteiger partial charge in [-0.2, -0.15) is 13.2 Å². The van der Waals surface area contributed by atoms with Crippen molar-refractivity contribution in [1.29, 1.82) is 0 Å². The number of hydrogen-bond acceptors (Lipinski definition) is 4. The van der Waals surface area contributed by atoms with Crippen molar-refractivity contribution in [3.8, 4) is 0 Å². The van der Waals surface area contributed by atoms with Crippen LogP contribution in [0.15, 0.2) is 12.2 Å². The SMILES string of the molecule is C/C=C/C(SC(C)(C)C)(C(=O)OCC)C(=O)C(F)(F)F. The summed E-state index contributed by atoms with van der Waals surface area (Å²) >= 11 is 0.626. The summed E-state index contributed by atoms with van der Waals surface area (Å²) in [5, 5.41) is 0. The Bertz CT molecular complexity index is 397. The van der Waals surface area contributed by atoms with Crippen LogP contribution in [0.2, 0.25) is 0 Å². The Morgan fingerprint density at radius 3 is 2.00 bits per heavy atom. The lowest BCUT2D eigenvalue weighted by Crippen LogP contribution is -2.51.